The lowest BCUT2D eigenvalue weighted by atomic mass is 9.87. The number of nitrogens with one attached hydrogen (secondary N) is 1. The number of nitrogens with zero attached hydrogens (tertiary/aromatic N) is 3. The molecule has 6 rings (SSSR count). The van der Waals surface area contributed by atoms with Crippen LogP contribution >= 0.6 is 0 Å². The van der Waals surface area contributed by atoms with Crippen molar-refractivity contribution in [2.75, 3.05) is 26.3 Å². The van der Waals surface area contributed by atoms with Crippen molar-refractivity contribution < 1.29 is 4.74 Å². The summed E-state index contributed by atoms with van der Waals surface area (Å²) >= 11 is 0. The highest BCUT2D eigenvalue weighted by Crippen LogP contribution is 2.39. The van der Waals surface area contributed by atoms with Gasteiger partial charge in [-0.15, -0.1) is 0 Å². The van der Waals surface area contributed by atoms with Crippen LogP contribution in [0.4, 0.5) is 0 Å². The van der Waals surface area contributed by atoms with Crippen LogP contribution in [0.1, 0.15) is 55.3 Å². The number of rotatable bonds is 4. The van der Waals surface area contributed by atoms with Crippen molar-refractivity contribution in [3.8, 4) is 11.3 Å². The third kappa shape index (κ3) is 3.26. The highest BCUT2D eigenvalue weighted by molar-refractivity contribution is 5.92. The predicted octanol–water partition coefficient (Wildman–Crippen LogP) is 5.49. The first-order valence-electron chi connectivity index (χ1n) is 12.0. The molecule has 0 bridgehead atoms. The summed E-state index contributed by atoms with van der Waals surface area (Å²) in [6.45, 7) is 11.0. The number of likely N-dealkylation sites (tertiary alicyclic amines) is 1. The second kappa shape index (κ2) is 7.75. The number of piperidine rings is 1. The molecule has 0 aliphatic carbocycles. The van der Waals surface area contributed by atoms with Gasteiger partial charge in [0.25, 0.3) is 0 Å². The fourth-order valence-electron chi connectivity index (χ4n) is 5.69. The van der Waals surface area contributed by atoms with E-state index in [0.717, 1.165) is 24.4 Å². The van der Waals surface area contributed by atoms with Crippen LogP contribution in [0.5, 0.6) is 0 Å². The molecule has 5 nitrogen and oxygen atoms in total. The van der Waals surface area contributed by atoms with Gasteiger partial charge in [0.1, 0.15) is 0 Å². The maximum absolute atomic E-state index is 5.40. The normalized spacial score (nSPS) is 18.8. The van der Waals surface area contributed by atoms with Gasteiger partial charge in [-0.2, -0.15) is 5.10 Å². The van der Waals surface area contributed by atoms with Gasteiger partial charge >= 0.3 is 0 Å². The lowest BCUT2D eigenvalue weighted by molar-refractivity contribution is -0.0712. The molecule has 0 unspecified atom stereocenters. The molecule has 166 valence electrons. The minimum Gasteiger partial charge on any atom is -0.378 e. The molecule has 5 heterocycles. The van der Waals surface area contributed by atoms with Crippen molar-refractivity contribution in [1.29, 1.82) is 0 Å². The van der Waals surface area contributed by atoms with Gasteiger partial charge < -0.3 is 9.72 Å². The molecule has 0 atom stereocenters. The monoisotopic (exact) mass is 428 g/mol. The number of ether oxygens (including phenoxy) is 1. The van der Waals surface area contributed by atoms with Crippen molar-refractivity contribution in [2.24, 2.45) is 0 Å². The molecule has 2 aliphatic heterocycles. The Morgan fingerprint density at radius 3 is 2.59 bits per heavy atom. The fraction of sp³-hybridized carbons (Fsp3) is 0.444. The Bertz CT molecular complexity index is 1270. The number of aromatic amines is 1. The summed E-state index contributed by atoms with van der Waals surface area (Å²) in [7, 11) is 0. The number of fused-ring (bicyclic) bond motifs is 2. The lowest BCUT2D eigenvalue weighted by Crippen LogP contribution is -2.51. The summed E-state index contributed by atoms with van der Waals surface area (Å²) in [4.78, 5) is 6.39. The van der Waals surface area contributed by atoms with Crippen LogP contribution in [-0.2, 0) is 4.74 Å². The fourth-order valence-corrected chi connectivity index (χ4v) is 5.69. The molecule has 5 heteroatoms. The molecular weight excluding hydrogens is 396 g/mol. The van der Waals surface area contributed by atoms with Gasteiger partial charge in [-0.25, -0.2) is 4.52 Å². The Kier molecular flexibility index (Phi) is 4.85. The van der Waals surface area contributed by atoms with Gasteiger partial charge in [0.2, 0.25) is 0 Å². The molecule has 2 fully saturated rings. The van der Waals surface area contributed by atoms with E-state index in [4.69, 9.17) is 4.74 Å². The number of aryl methyl sites for hydroxylation is 1. The molecule has 0 amide bonds. The largest absolute Gasteiger partial charge is 0.378 e. The number of H-pyrrole nitrogens is 1. The van der Waals surface area contributed by atoms with Gasteiger partial charge in [-0.05, 0) is 86.1 Å². The third-order valence-electron chi connectivity index (χ3n) is 7.54. The molecule has 3 aromatic heterocycles. The van der Waals surface area contributed by atoms with E-state index in [1.54, 1.807) is 0 Å². The average Bonchev–Trinajstić information content (AvgIpc) is 3.37. The standard InChI is InChI=1S/C27H32N4O/c1-17(2)26-24-14-20(19-7-10-30(11-8-19)23-15-32-16-23)4-5-25(24)29-27(26)21-12-18(3)31-22(13-21)6-9-28-31/h4-6,9,12-14,17,19,23,29H,7-8,10-11,15-16H2,1-3H3. The highest BCUT2D eigenvalue weighted by Gasteiger charge is 2.30. The molecule has 2 saturated heterocycles. The minimum atomic E-state index is 0.441. The van der Waals surface area contributed by atoms with Gasteiger partial charge in [0.15, 0.2) is 0 Å². The van der Waals surface area contributed by atoms with Crippen LogP contribution in [-0.4, -0.2) is 51.8 Å². The lowest BCUT2D eigenvalue weighted by Gasteiger charge is -2.41. The first kappa shape index (κ1) is 20.0. The van der Waals surface area contributed by atoms with Crippen molar-refractivity contribution in [3.63, 3.8) is 0 Å². The molecular formula is C27H32N4O. The number of aromatic nitrogens is 3. The molecule has 32 heavy (non-hydrogen) atoms. The Morgan fingerprint density at radius 1 is 1.06 bits per heavy atom. The summed E-state index contributed by atoms with van der Waals surface area (Å²) in [5.41, 5.74) is 8.94. The Hall–Kier alpha value is -2.63. The number of benzene rings is 1. The van der Waals surface area contributed by atoms with Crippen LogP contribution < -0.4 is 0 Å². The Labute approximate surface area is 189 Å². The van der Waals surface area contributed by atoms with E-state index in [2.05, 4.69) is 72.2 Å². The summed E-state index contributed by atoms with van der Waals surface area (Å²) in [5.74, 6) is 1.09. The van der Waals surface area contributed by atoms with E-state index < -0.39 is 0 Å². The van der Waals surface area contributed by atoms with Gasteiger partial charge in [0.05, 0.1) is 30.5 Å². The average molecular weight is 429 g/mol. The third-order valence-corrected chi connectivity index (χ3v) is 7.54. The van der Waals surface area contributed by atoms with Crippen molar-refractivity contribution >= 4 is 16.4 Å². The highest BCUT2D eigenvalue weighted by atomic mass is 16.5. The quantitative estimate of drug-likeness (QED) is 0.467. The minimum absolute atomic E-state index is 0.441. The number of hydrogen-bond donors (Lipinski definition) is 1. The van der Waals surface area contributed by atoms with Crippen LogP contribution in [0, 0.1) is 6.92 Å². The van der Waals surface area contributed by atoms with Gasteiger partial charge in [-0.1, -0.05) is 19.9 Å². The number of hydrogen-bond acceptors (Lipinski definition) is 3. The SMILES string of the molecule is Cc1cc(-c2[nH]c3ccc(C4CCN(C5COC5)CC4)cc3c2C(C)C)cc2ccnn12. The van der Waals surface area contributed by atoms with Crippen LogP contribution in [0.3, 0.4) is 0 Å². The van der Waals surface area contributed by atoms with E-state index in [-0.39, 0.29) is 0 Å². The maximum atomic E-state index is 5.40. The smallest absolute Gasteiger partial charge is 0.0671 e. The maximum Gasteiger partial charge on any atom is 0.0671 e. The van der Waals surface area contributed by atoms with Gasteiger partial charge in [0, 0.05) is 28.4 Å². The zero-order valence-corrected chi connectivity index (χ0v) is 19.3. The Morgan fingerprint density at radius 2 is 1.88 bits per heavy atom. The predicted molar refractivity (Wildman–Crippen MR) is 129 cm³/mol. The van der Waals surface area contributed by atoms with Crippen molar-refractivity contribution in [1.82, 2.24) is 19.5 Å². The van der Waals surface area contributed by atoms with Crippen molar-refractivity contribution in [3.05, 3.63) is 59.4 Å². The first-order chi connectivity index (χ1) is 15.6. The summed E-state index contributed by atoms with van der Waals surface area (Å²) in [6, 6.07) is 14.4. The first-order valence-corrected chi connectivity index (χ1v) is 12.0. The van der Waals surface area contributed by atoms with Crippen LogP contribution in [0.25, 0.3) is 27.7 Å². The second-order valence-electron chi connectivity index (χ2n) is 9.93. The molecule has 0 saturated carbocycles. The summed E-state index contributed by atoms with van der Waals surface area (Å²) in [5, 5.41) is 5.82. The van der Waals surface area contributed by atoms with E-state index >= 15 is 0 Å². The van der Waals surface area contributed by atoms with Gasteiger partial charge in [-0.3, -0.25) is 4.90 Å². The van der Waals surface area contributed by atoms with Crippen molar-refractivity contribution in [2.45, 2.75) is 51.5 Å². The molecule has 0 spiro atoms. The Balaban J connectivity index is 1.37. The molecule has 0 radical (unpaired) electrons. The molecule has 2 aliphatic rings. The summed E-state index contributed by atoms with van der Waals surface area (Å²) < 4.78 is 7.40. The van der Waals surface area contributed by atoms with E-state index in [9.17, 15) is 0 Å². The zero-order chi connectivity index (χ0) is 21.8. The van der Waals surface area contributed by atoms with Crippen LogP contribution in [0.15, 0.2) is 42.6 Å². The second-order valence-corrected chi connectivity index (χ2v) is 9.93. The topological polar surface area (TPSA) is 45.6 Å². The van der Waals surface area contributed by atoms with Crippen LogP contribution in [0.2, 0.25) is 0 Å². The number of pyridine rings is 1. The van der Waals surface area contributed by atoms with E-state index in [1.807, 2.05) is 10.7 Å². The molecule has 4 aromatic rings. The van der Waals surface area contributed by atoms with E-state index in [1.165, 1.54) is 59.2 Å². The van der Waals surface area contributed by atoms with E-state index in [0.29, 0.717) is 17.9 Å². The molecule has 1 N–H and O–H groups in total. The zero-order valence-electron chi connectivity index (χ0n) is 19.3. The molecule has 1 aromatic carbocycles. The summed E-state index contributed by atoms with van der Waals surface area (Å²) in [6.07, 6.45) is 4.36.